The van der Waals surface area contributed by atoms with Crippen LogP contribution in [0.3, 0.4) is 0 Å². The normalized spacial score (nSPS) is 16.8. The Hall–Kier alpha value is -0.870. The molecule has 2 rings (SSSR count). The van der Waals surface area contributed by atoms with E-state index in [0.717, 1.165) is 11.1 Å². The van der Waals surface area contributed by atoms with Gasteiger partial charge < -0.3 is 14.7 Å². The maximum atomic E-state index is 10.6. The molecule has 0 spiro atoms. The van der Waals surface area contributed by atoms with Crippen LogP contribution in [0.4, 0.5) is 0 Å². The van der Waals surface area contributed by atoms with Crippen LogP contribution in [-0.2, 0) is 0 Å². The van der Waals surface area contributed by atoms with Crippen molar-refractivity contribution < 1.29 is 14.4 Å². The van der Waals surface area contributed by atoms with Crippen LogP contribution in [-0.4, -0.2) is 6.79 Å². The summed E-state index contributed by atoms with van der Waals surface area (Å²) in [6.07, 6.45) is 0. The van der Waals surface area contributed by atoms with Crippen molar-refractivity contribution in [3.63, 3.8) is 0 Å². The Morgan fingerprint density at radius 1 is 1.38 bits per heavy atom. The zero-order valence-corrected chi connectivity index (χ0v) is 7.74. The maximum Gasteiger partial charge on any atom is 0.231 e. The van der Waals surface area contributed by atoms with E-state index in [0.29, 0.717) is 5.75 Å². The molecule has 1 aromatic rings. The third-order valence-corrected chi connectivity index (χ3v) is 2.49. The fraction of sp³-hybridized carbons (Fsp3) is 0.143. The van der Waals surface area contributed by atoms with Gasteiger partial charge in [0, 0.05) is 5.30 Å². The molecule has 0 saturated carbocycles. The summed E-state index contributed by atoms with van der Waals surface area (Å²) >= 11 is 0. The van der Waals surface area contributed by atoms with Crippen molar-refractivity contribution in [2.75, 3.05) is 6.79 Å². The molecular weight excluding hydrogens is 191 g/mol. The molecule has 2 unspecified atom stereocenters. The van der Waals surface area contributed by atoms with Crippen molar-refractivity contribution in [1.82, 2.24) is 0 Å². The second kappa shape index (κ2) is 3.47. The first-order valence-corrected chi connectivity index (χ1v) is 4.72. The molecule has 0 bridgehead atoms. The van der Waals surface area contributed by atoms with Crippen LogP contribution in [0.1, 0.15) is 0 Å². The van der Waals surface area contributed by atoms with Crippen molar-refractivity contribution in [3.8, 4) is 11.5 Å². The number of rotatable bonds is 2. The van der Waals surface area contributed by atoms with Gasteiger partial charge in [-0.3, -0.25) is 4.94 Å². The quantitative estimate of drug-likeness (QED) is 0.361. The summed E-state index contributed by atoms with van der Waals surface area (Å²) in [4.78, 5) is -0.320. The summed E-state index contributed by atoms with van der Waals surface area (Å²) in [5.41, 5.74) is 0. The molecule has 0 aromatic heterocycles. The van der Waals surface area contributed by atoms with Gasteiger partial charge in [0.1, 0.15) is 8.73 Å². The smallest absolute Gasteiger partial charge is 0.231 e. The van der Waals surface area contributed by atoms with E-state index in [-0.39, 0.29) is 20.5 Å². The van der Waals surface area contributed by atoms with Crippen molar-refractivity contribution in [1.29, 1.82) is 0 Å². The molecule has 0 radical (unpaired) electrons. The highest BCUT2D eigenvalue weighted by molar-refractivity contribution is 7.40. The van der Waals surface area contributed by atoms with Crippen molar-refractivity contribution in [2.45, 2.75) is 0 Å². The Kier molecular flexibility index (Phi) is 2.33. The van der Waals surface area contributed by atoms with Crippen molar-refractivity contribution >= 4 is 14.0 Å². The summed E-state index contributed by atoms with van der Waals surface area (Å²) in [7, 11) is -0.0122. The molecule has 0 saturated heterocycles. The minimum Gasteiger partial charge on any atom is -0.612 e. The van der Waals surface area contributed by atoms with Crippen LogP contribution < -0.4 is 25.6 Å². The molecule has 0 fully saturated rings. The lowest BCUT2D eigenvalue weighted by molar-refractivity contribution is -0.715. The largest absolute Gasteiger partial charge is 0.612 e. The number of nitrogens with two attached hydrogens (primary N) is 1. The summed E-state index contributed by atoms with van der Waals surface area (Å²) in [6, 6.07) is 5.38. The third-order valence-electron chi connectivity index (χ3n) is 1.64. The Morgan fingerprint density at radius 3 is 2.92 bits per heavy atom. The van der Waals surface area contributed by atoms with E-state index in [1.165, 1.54) is 0 Å². The van der Waals surface area contributed by atoms with Gasteiger partial charge >= 0.3 is 0 Å². The van der Waals surface area contributed by atoms with Gasteiger partial charge in [-0.25, -0.2) is 0 Å². The Morgan fingerprint density at radius 2 is 2.15 bits per heavy atom. The minimum absolute atomic E-state index is 0.0122. The molecule has 6 heteroatoms. The van der Waals surface area contributed by atoms with Crippen LogP contribution in [0.15, 0.2) is 18.2 Å². The first-order valence-electron chi connectivity index (χ1n) is 3.72. The number of fused-ring (bicyclic) bond motifs is 1. The average Bonchev–Trinajstić information content (AvgIpc) is 2.49. The van der Waals surface area contributed by atoms with Gasteiger partial charge in [-0.15, -0.1) is 0 Å². The second-order valence-electron chi connectivity index (χ2n) is 2.56. The number of quaternary nitrogens is 1. The monoisotopic (exact) mass is 200 g/mol. The number of benzene rings is 1. The summed E-state index contributed by atoms with van der Waals surface area (Å²) < 4.78 is 10.3. The van der Waals surface area contributed by atoms with Crippen molar-refractivity contribution in [2.24, 2.45) is 5.84 Å². The zero-order chi connectivity index (χ0) is 9.26. The van der Waals surface area contributed by atoms with E-state index < -0.39 is 0 Å². The predicted octanol–water partition coefficient (Wildman–Crippen LogP) is -1.11. The highest BCUT2D eigenvalue weighted by atomic mass is 31.1. The molecule has 5 nitrogen and oxygen atoms in total. The molecule has 70 valence electrons. The van der Waals surface area contributed by atoms with Gasteiger partial charge in [-0.2, -0.15) is 5.84 Å². The van der Waals surface area contributed by atoms with Crippen molar-refractivity contribution in [3.05, 3.63) is 23.4 Å². The van der Waals surface area contributed by atoms with Gasteiger partial charge in [0.25, 0.3) is 0 Å². The van der Waals surface area contributed by atoms with Crippen LogP contribution >= 0.6 is 8.73 Å². The van der Waals surface area contributed by atoms with Crippen LogP contribution in [0.25, 0.3) is 0 Å². The molecule has 2 atom stereocenters. The van der Waals surface area contributed by atoms with Gasteiger partial charge in [0.05, 0.1) is 0 Å². The first kappa shape index (κ1) is 8.72. The third kappa shape index (κ3) is 1.89. The number of hydrogen-bond acceptors (Lipinski definition) is 4. The Bertz CT molecular complexity index is 319. The molecule has 1 aromatic carbocycles. The number of nitrogens with one attached hydrogen (secondary N) is 1. The Balaban J connectivity index is 2.21. The lowest BCUT2D eigenvalue weighted by atomic mass is 10.3. The van der Waals surface area contributed by atoms with E-state index >= 15 is 0 Å². The van der Waals surface area contributed by atoms with Crippen LogP contribution in [0, 0.1) is 5.21 Å². The van der Waals surface area contributed by atoms with Gasteiger partial charge in [0.15, 0.2) is 11.5 Å². The van der Waals surface area contributed by atoms with Gasteiger partial charge in [-0.1, -0.05) is 0 Å². The lowest BCUT2D eigenvalue weighted by Gasteiger charge is -2.13. The fourth-order valence-corrected chi connectivity index (χ4v) is 1.77. The minimum atomic E-state index is -0.320. The molecule has 13 heavy (non-hydrogen) atoms. The molecule has 1 aliphatic heterocycles. The van der Waals surface area contributed by atoms with Gasteiger partial charge in [-0.05, 0) is 18.2 Å². The first-order chi connectivity index (χ1) is 6.25. The zero-order valence-electron chi connectivity index (χ0n) is 6.74. The lowest BCUT2D eigenvalue weighted by Crippen LogP contribution is -3.06. The molecule has 1 aliphatic rings. The summed E-state index contributed by atoms with van der Waals surface area (Å²) in [5, 5.41) is 11.5. The van der Waals surface area contributed by atoms with Crippen LogP contribution in [0.2, 0.25) is 0 Å². The molecule has 0 amide bonds. The fourth-order valence-electron chi connectivity index (χ4n) is 1.12. The van der Waals surface area contributed by atoms with E-state index in [2.05, 4.69) is 0 Å². The topological polar surface area (TPSA) is 72.0 Å². The highest BCUT2D eigenvalue weighted by Crippen LogP contribution is 2.30. The SMILES string of the molecule is N[NH+]([O-])Pc1ccc2c(c1)OCO2. The standard InChI is InChI=1S/C7H9N2O3P/c8-9(10)13-5-1-2-6-7(3-5)12-4-11-6/h1-3,9,13H,4,8H2. The number of ether oxygens (including phenoxy) is 2. The maximum absolute atomic E-state index is 10.6. The van der Waals surface area contributed by atoms with E-state index in [1.54, 1.807) is 12.1 Å². The van der Waals surface area contributed by atoms with E-state index in [1.807, 2.05) is 6.07 Å². The van der Waals surface area contributed by atoms with E-state index in [9.17, 15) is 5.21 Å². The average molecular weight is 200 g/mol. The number of hydrogen-bond donors (Lipinski definition) is 2. The van der Waals surface area contributed by atoms with E-state index in [4.69, 9.17) is 15.3 Å². The second-order valence-corrected chi connectivity index (χ2v) is 3.88. The summed E-state index contributed by atoms with van der Waals surface area (Å²) in [6.45, 7) is 0.248. The molecule has 3 N–H and O–H groups in total. The molecular formula is C7H9N2O3P. The molecule has 1 heterocycles. The van der Waals surface area contributed by atoms with Crippen LogP contribution in [0.5, 0.6) is 11.5 Å². The Labute approximate surface area is 76.8 Å². The summed E-state index contributed by atoms with van der Waals surface area (Å²) in [5.74, 6) is 6.48. The predicted molar refractivity (Wildman–Crippen MR) is 49.0 cm³/mol. The molecule has 0 aliphatic carbocycles. The highest BCUT2D eigenvalue weighted by Gasteiger charge is 2.13. The van der Waals surface area contributed by atoms with Gasteiger partial charge in [0.2, 0.25) is 6.79 Å².